The highest BCUT2D eigenvalue weighted by Crippen LogP contribution is 2.27. The van der Waals surface area contributed by atoms with E-state index in [1.165, 1.54) is 12.1 Å². The minimum Gasteiger partial charge on any atom is -0.202 e. The fourth-order valence-electron chi connectivity index (χ4n) is 1.09. The summed E-state index contributed by atoms with van der Waals surface area (Å²) in [6, 6.07) is 4.51. The Morgan fingerprint density at radius 2 is 1.67 bits per heavy atom. The maximum Gasteiger partial charge on any atom is 0.306 e. The molecule has 0 aromatic heterocycles. The van der Waals surface area contributed by atoms with Gasteiger partial charge >= 0.3 is 10.2 Å². The van der Waals surface area contributed by atoms with Crippen LogP contribution in [0.2, 0.25) is 0 Å². The van der Waals surface area contributed by atoms with Crippen LogP contribution < -0.4 is 0 Å². The average Bonchev–Trinajstić information content (AvgIpc) is 2.00. The zero-order valence-electron chi connectivity index (χ0n) is 7.88. The lowest BCUT2D eigenvalue weighted by Crippen LogP contribution is -2.07. The van der Waals surface area contributed by atoms with Gasteiger partial charge in [-0.05, 0) is 5.56 Å². The van der Waals surface area contributed by atoms with Gasteiger partial charge in [-0.1, -0.05) is 24.3 Å². The van der Waals surface area contributed by atoms with E-state index in [9.17, 15) is 21.1 Å². The maximum absolute atomic E-state index is 12.7. The molecule has 15 heavy (non-hydrogen) atoms. The molecule has 84 valence electrons. The molecule has 0 spiro atoms. The van der Waals surface area contributed by atoms with Crippen LogP contribution in [0.25, 0.3) is 0 Å². The lowest BCUT2D eigenvalue weighted by atomic mass is 10.1. The molecule has 0 aliphatic carbocycles. The maximum atomic E-state index is 12.7. The molecule has 0 saturated heterocycles. The monoisotopic (exact) mass is 238 g/mol. The molecule has 2 nitrogen and oxygen atoms in total. The number of alkyl halides is 2. The first-order chi connectivity index (χ1) is 6.68. The molecule has 0 amide bonds. The second kappa shape index (κ2) is 3.84. The largest absolute Gasteiger partial charge is 0.306 e. The van der Waals surface area contributed by atoms with Crippen LogP contribution in [0.15, 0.2) is 24.3 Å². The molecular weight excluding hydrogens is 229 g/mol. The molecule has 6 heteroatoms. The van der Waals surface area contributed by atoms with Crippen LogP contribution in [0, 0.1) is 0 Å². The molecule has 0 N–H and O–H groups in total. The quantitative estimate of drug-likeness (QED) is 0.758. The van der Waals surface area contributed by atoms with Crippen LogP contribution in [0.1, 0.15) is 18.1 Å². The summed E-state index contributed by atoms with van der Waals surface area (Å²) in [6.07, 6.45) is 0. The summed E-state index contributed by atoms with van der Waals surface area (Å²) in [5, 5.41) is 0. The lowest BCUT2D eigenvalue weighted by Gasteiger charge is -2.10. The van der Waals surface area contributed by atoms with Crippen LogP contribution in [-0.2, 0) is 21.9 Å². The third kappa shape index (κ3) is 3.91. The molecule has 0 aliphatic rings. The molecule has 0 heterocycles. The molecule has 0 unspecified atom stereocenters. The summed E-state index contributed by atoms with van der Waals surface area (Å²) >= 11 is 0. The van der Waals surface area contributed by atoms with E-state index in [1.807, 2.05) is 0 Å². The number of benzene rings is 1. The van der Waals surface area contributed by atoms with Gasteiger partial charge in [0.15, 0.2) is 0 Å². The van der Waals surface area contributed by atoms with Gasteiger partial charge in [0.05, 0.1) is 0 Å². The van der Waals surface area contributed by atoms with E-state index in [-0.39, 0.29) is 11.1 Å². The molecule has 1 rings (SSSR count). The Hall–Kier alpha value is -1.04. The Labute approximate surface area is 85.9 Å². The van der Waals surface area contributed by atoms with Gasteiger partial charge < -0.3 is 0 Å². The molecule has 0 atom stereocenters. The van der Waals surface area contributed by atoms with E-state index in [0.29, 0.717) is 0 Å². The van der Waals surface area contributed by atoms with Crippen molar-refractivity contribution in [3.63, 3.8) is 0 Å². The van der Waals surface area contributed by atoms with E-state index in [4.69, 9.17) is 0 Å². The predicted octanol–water partition coefficient (Wildman–Crippen LogP) is 2.60. The van der Waals surface area contributed by atoms with Crippen molar-refractivity contribution in [2.24, 2.45) is 0 Å². The van der Waals surface area contributed by atoms with Gasteiger partial charge in [0.1, 0.15) is 5.75 Å². The van der Waals surface area contributed by atoms with Gasteiger partial charge in [0, 0.05) is 12.5 Å². The minimum absolute atomic E-state index is 0.144. The third-order valence-electron chi connectivity index (χ3n) is 1.80. The van der Waals surface area contributed by atoms with Gasteiger partial charge in [-0.2, -0.15) is 8.42 Å². The second-order valence-corrected chi connectivity index (χ2v) is 4.63. The van der Waals surface area contributed by atoms with Crippen LogP contribution in [0.4, 0.5) is 12.7 Å². The summed E-state index contributed by atoms with van der Waals surface area (Å²) in [7, 11) is -4.61. The van der Waals surface area contributed by atoms with Gasteiger partial charge in [0.2, 0.25) is 0 Å². The van der Waals surface area contributed by atoms with Crippen LogP contribution in [0.3, 0.4) is 0 Å². The Kier molecular flexibility index (Phi) is 3.08. The van der Waals surface area contributed by atoms with Gasteiger partial charge in [-0.15, -0.1) is 3.89 Å². The molecular formula is C9H9F3O2S. The first kappa shape index (κ1) is 12.0. The third-order valence-corrected chi connectivity index (χ3v) is 2.48. The standard InChI is InChI=1S/C9H9F3O2S/c1-9(10,11)8-4-2-7(3-5-8)6-15(12,13)14/h2-5H,6H2,1H3. The molecule has 0 saturated carbocycles. The summed E-state index contributed by atoms with van der Waals surface area (Å²) < 4.78 is 58.2. The SMILES string of the molecule is CC(F)(F)c1ccc(CS(=O)(=O)F)cc1. The Bertz CT molecular complexity index is 431. The number of rotatable bonds is 3. The van der Waals surface area contributed by atoms with E-state index in [2.05, 4.69) is 0 Å². The van der Waals surface area contributed by atoms with Gasteiger partial charge in [-0.3, -0.25) is 0 Å². The van der Waals surface area contributed by atoms with E-state index in [0.717, 1.165) is 19.1 Å². The molecule has 1 aromatic carbocycles. The average molecular weight is 238 g/mol. The second-order valence-electron chi connectivity index (χ2n) is 3.27. The van der Waals surface area contributed by atoms with Crippen LogP contribution in [0.5, 0.6) is 0 Å². The lowest BCUT2D eigenvalue weighted by molar-refractivity contribution is 0.0174. The fraction of sp³-hybridized carbons (Fsp3) is 0.333. The molecule has 0 bridgehead atoms. The highest BCUT2D eigenvalue weighted by atomic mass is 32.3. The normalized spacial score (nSPS) is 12.8. The zero-order chi connectivity index (χ0) is 11.7. The minimum atomic E-state index is -4.61. The van der Waals surface area contributed by atoms with Crippen molar-refractivity contribution in [3.05, 3.63) is 35.4 Å². The fourth-order valence-corrected chi connectivity index (χ4v) is 1.68. The van der Waals surface area contributed by atoms with Crippen molar-refractivity contribution in [1.82, 2.24) is 0 Å². The Balaban J connectivity index is 2.91. The Morgan fingerprint density at radius 3 is 2.00 bits per heavy atom. The van der Waals surface area contributed by atoms with Crippen molar-refractivity contribution in [2.45, 2.75) is 18.6 Å². The predicted molar refractivity (Wildman–Crippen MR) is 49.7 cm³/mol. The van der Waals surface area contributed by atoms with E-state index < -0.39 is 21.9 Å². The van der Waals surface area contributed by atoms with Crippen molar-refractivity contribution < 1.29 is 21.1 Å². The summed E-state index contributed by atoms with van der Waals surface area (Å²) in [5.74, 6) is -3.77. The van der Waals surface area contributed by atoms with E-state index in [1.54, 1.807) is 0 Å². The van der Waals surface area contributed by atoms with E-state index >= 15 is 0 Å². The number of halogens is 3. The summed E-state index contributed by atoms with van der Waals surface area (Å²) in [6.45, 7) is 0.730. The van der Waals surface area contributed by atoms with Crippen molar-refractivity contribution in [1.29, 1.82) is 0 Å². The van der Waals surface area contributed by atoms with Crippen molar-refractivity contribution in [3.8, 4) is 0 Å². The molecule has 0 fully saturated rings. The highest BCUT2D eigenvalue weighted by molar-refractivity contribution is 7.85. The summed E-state index contributed by atoms with van der Waals surface area (Å²) in [4.78, 5) is 0. The zero-order valence-corrected chi connectivity index (χ0v) is 8.69. The van der Waals surface area contributed by atoms with Crippen molar-refractivity contribution >= 4 is 10.2 Å². The highest BCUT2D eigenvalue weighted by Gasteiger charge is 2.23. The Morgan fingerprint density at radius 1 is 1.20 bits per heavy atom. The smallest absolute Gasteiger partial charge is 0.202 e. The first-order valence-corrected chi connectivity index (χ1v) is 5.63. The van der Waals surface area contributed by atoms with Crippen molar-refractivity contribution in [2.75, 3.05) is 0 Å². The molecule has 0 radical (unpaired) electrons. The molecule has 1 aromatic rings. The van der Waals surface area contributed by atoms with Crippen LogP contribution >= 0.6 is 0 Å². The summed E-state index contributed by atoms with van der Waals surface area (Å²) in [5.41, 5.74) is -0.0898. The van der Waals surface area contributed by atoms with Gasteiger partial charge in [0.25, 0.3) is 5.92 Å². The topological polar surface area (TPSA) is 34.1 Å². The number of hydrogen-bond acceptors (Lipinski definition) is 2. The van der Waals surface area contributed by atoms with Gasteiger partial charge in [-0.25, -0.2) is 8.78 Å². The first-order valence-electron chi connectivity index (χ1n) is 4.08. The number of hydrogen-bond donors (Lipinski definition) is 0. The van der Waals surface area contributed by atoms with Crippen LogP contribution in [-0.4, -0.2) is 8.42 Å². The molecule has 0 aliphatic heterocycles.